The van der Waals surface area contributed by atoms with Gasteiger partial charge in [-0.3, -0.25) is 4.90 Å². The molecule has 0 amide bonds. The standard InChI is InChI=1S/C13H16N8O/c14-13-12-11(16-7-17-13)8(3-15-12)4-20-5-9(10(22)6-20)21-2-1-18-19-21/h1-3,7,9-10,15,22H,4-6H2,(H2,14,16,17)/t9?,10-/m0/s1. The zero-order valence-electron chi connectivity index (χ0n) is 11.8. The van der Waals surface area contributed by atoms with Gasteiger partial charge >= 0.3 is 0 Å². The van der Waals surface area contributed by atoms with Crippen molar-refractivity contribution in [2.75, 3.05) is 18.8 Å². The molecule has 0 saturated carbocycles. The van der Waals surface area contributed by atoms with Gasteiger partial charge in [0.2, 0.25) is 0 Å². The van der Waals surface area contributed by atoms with E-state index in [9.17, 15) is 5.11 Å². The van der Waals surface area contributed by atoms with E-state index in [2.05, 4.69) is 30.2 Å². The minimum absolute atomic E-state index is 0.0765. The van der Waals surface area contributed by atoms with Crippen LogP contribution >= 0.6 is 0 Å². The zero-order chi connectivity index (χ0) is 15.1. The number of aromatic amines is 1. The SMILES string of the molecule is Nc1ncnc2c(CN3CC(n4ccnn4)[C@@H](O)C3)c[nH]c12. The Hall–Kier alpha value is -2.52. The number of likely N-dealkylation sites (tertiary alicyclic amines) is 1. The van der Waals surface area contributed by atoms with Gasteiger partial charge < -0.3 is 15.8 Å². The van der Waals surface area contributed by atoms with E-state index in [0.29, 0.717) is 25.5 Å². The number of H-pyrrole nitrogens is 1. The van der Waals surface area contributed by atoms with Crippen molar-refractivity contribution in [2.24, 2.45) is 0 Å². The molecule has 4 N–H and O–H groups in total. The van der Waals surface area contributed by atoms with E-state index in [1.165, 1.54) is 6.33 Å². The van der Waals surface area contributed by atoms with Gasteiger partial charge in [0.1, 0.15) is 11.8 Å². The average Bonchev–Trinajstić information content (AvgIpc) is 3.20. The topological polar surface area (TPSA) is 122 Å². The molecule has 0 bridgehead atoms. The van der Waals surface area contributed by atoms with Gasteiger partial charge in [-0.05, 0) is 0 Å². The zero-order valence-corrected chi connectivity index (χ0v) is 11.8. The van der Waals surface area contributed by atoms with Crippen LogP contribution in [0.3, 0.4) is 0 Å². The van der Waals surface area contributed by atoms with Crippen molar-refractivity contribution in [1.29, 1.82) is 0 Å². The van der Waals surface area contributed by atoms with Gasteiger partial charge in [0.15, 0.2) is 5.82 Å². The lowest BCUT2D eigenvalue weighted by atomic mass is 10.2. The number of aliphatic hydroxyl groups excluding tert-OH is 1. The highest BCUT2D eigenvalue weighted by atomic mass is 16.3. The van der Waals surface area contributed by atoms with Crippen LogP contribution in [0.1, 0.15) is 11.6 Å². The number of hydrogen-bond donors (Lipinski definition) is 3. The number of nitrogens with one attached hydrogen (secondary N) is 1. The number of nitrogens with zero attached hydrogens (tertiary/aromatic N) is 6. The third-order valence-electron chi connectivity index (χ3n) is 4.08. The first kappa shape index (κ1) is 13.2. The van der Waals surface area contributed by atoms with Crippen molar-refractivity contribution in [3.8, 4) is 0 Å². The maximum Gasteiger partial charge on any atom is 0.151 e. The second-order valence-electron chi connectivity index (χ2n) is 5.51. The second kappa shape index (κ2) is 5.04. The largest absolute Gasteiger partial charge is 0.390 e. The van der Waals surface area contributed by atoms with Crippen molar-refractivity contribution < 1.29 is 5.11 Å². The van der Waals surface area contributed by atoms with Crippen LogP contribution in [0, 0.1) is 0 Å². The summed E-state index contributed by atoms with van der Waals surface area (Å²) < 4.78 is 1.71. The van der Waals surface area contributed by atoms with E-state index in [-0.39, 0.29) is 6.04 Å². The van der Waals surface area contributed by atoms with Crippen LogP contribution in [0.15, 0.2) is 24.9 Å². The summed E-state index contributed by atoms with van der Waals surface area (Å²) in [5.74, 6) is 0.443. The number of aliphatic hydroxyl groups is 1. The molecule has 3 aromatic heterocycles. The van der Waals surface area contributed by atoms with Crippen LogP contribution in [0.4, 0.5) is 5.82 Å². The Kier molecular flexibility index (Phi) is 3.01. The van der Waals surface area contributed by atoms with E-state index in [1.807, 2.05) is 6.20 Å². The van der Waals surface area contributed by atoms with Gasteiger partial charge in [-0.25, -0.2) is 14.6 Å². The molecular formula is C13H16N8O. The summed E-state index contributed by atoms with van der Waals surface area (Å²) >= 11 is 0. The fourth-order valence-electron chi connectivity index (χ4n) is 3.00. The lowest BCUT2D eigenvalue weighted by molar-refractivity contribution is 0.138. The van der Waals surface area contributed by atoms with E-state index >= 15 is 0 Å². The van der Waals surface area contributed by atoms with Gasteiger partial charge in [-0.15, -0.1) is 5.10 Å². The molecule has 0 spiro atoms. The Bertz CT molecular complexity index is 783. The minimum Gasteiger partial charge on any atom is -0.390 e. The van der Waals surface area contributed by atoms with Gasteiger partial charge in [-0.2, -0.15) is 0 Å². The number of nitrogen functional groups attached to an aromatic ring is 1. The normalized spacial score (nSPS) is 22.6. The lowest BCUT2D eigenvalue weighted by Crippen LogP contribution is -2.22. The Morgan fingerprint density at radius 1 is 1.36 bits per heavy atom. The van der Waals surface area contributed by atoms with E-state index in [0.717, 1.165) is 16.6 Å². The molecular weight excluding hydrogens is 284 g/mol. The van der Waals surface area contributed by atoms with Crippen molar-refractivity contribution in [2.45, 2.75) is 18.7 Å². The molecule has 1 aliphatic rings. The molecule has 0 radical (unpaired) electrons. The molecule has 1 fully saturated rings. The summed E-state index contributed by atoms with van der Waals surface area (Å²) in [4.78, 5) is 13.5. The number of fused-ring (bicyclic) bond motifs is 1. The van der Waals surface area contributed by atoms with Crippen LogP contribution < -0.4 is 5.73 Å². The maximum absolute atomic E-state index is 10.2. The summed E-state index contributed by atoms with van der Waals surface area (Å²) in [6.45, 7) is 1.97. The predicted octanol–water partition coefficient (Wildman–Crippen LogP) is -0.451. The summed E-state index contributed by atoms with van der Waals surface area (Å²) in [6.07, 6.45) is 6.29. The Morgan fingerprint density at radius 3 is 3.09 bits per heavy atom. The summed E-state index contributed by atoms with van der Waals surface area (Å²) in [5.41, 5.74) is 8.45. The molecule has 9 heteroatoms. The average molecular weight is 300 g/mol. The number of β-amino-alcohol motifs (C(OH)–C–C–N with tert-alkyl or cyclic N) is 1. The molecule has 4 heterocycles. The third-order valence-corrected chi connectivity index (χ3v) is 4.08. The predicted molar refractivity (Wildman–Crippen MR) is 78.6 cm³/mol. The molecule has 0 aliphatic carbocycles. The Balaban J connectivity index is 1.55. The maximum atomic E-state index is 10.2. The van der Waals surface area contributed by atoms with E-state index in [4.69, 9.17) is 5.73 Å². The van der Waals surface area contributed by atoms with Crippen LogP contribution in [-0.2, 0) is 6.54 Å². The highest BCUT2D eigenvalue weighted by Crippen LogP contribution is 2.25. The molecule has 1 saturated heterocycles. The number of hydrogen-bond acceptors (Lipinski definition) is 7. The van der Waals surface area contributed by atoms with Gasteiger partial charge in [-0.1, -0.05) is 5.21 Å². The van der Waals surface area contributed by atoms with Gasteiger partial charge in [0.05, 0.1) is 23.9 Å². The number of nitrogens with two attached hydrogens (primary N) is 1. The molecule has 1 aliphatic heterocycles. The molecule has 0 aromatic carbocycles. The highest BCUT2D eigenvalue weighted by molar-refractivity contribution is 5.86. The fourth-order valence-corrected chi connectivity index (χ4v) is 3.00. The number of aromatic nitrogens is 6. The fraction of sp³-hybridized carbons (Fsp3) is 0.385. The van der Waals surface area contributed by atoms with E-state index < -0.39 is 6.10 Å². The number of rotatable bonds is 3. The molecule has 3 aromatic rings. The quantitative estimate of drug-likeness (QED) is 0.598. The molecule has 9 nitrogen and oxygen atoms in total. The summed E-state index contributed by atoms with van der Waals surface area (Å²) in [5, 5.41) is 18.0. The highest BCUT2D eigenvalue weighted by Gasteiger charge is 2.33. The Labute approximate surface area is 125 Å². The van der Waals surface area contributed by atoms with Gasteiger partial charge in [0.25, 0.3) is 0 Å². The van der Waals surface area contributed by atoms with Crippen molar-refractivity contribution in [3.63, 3.8) is 0 Å². The van der Waals surface area contributed by atoms with Crippen LogP contribution in [-0.4, -0.2) is 59.1 Å². The smallest absolute Gasteiger partial charge is 0.151 e. The van der Waals surface area contributed by atoms with Crippen LogP contribution in [0.5, 0.6) is 0 Å². The van der Waals surface area contributed by atoms with Crippen molar-refractivity contribution >= 4 is 16.9 Å². The molecule has 1 unspecified atom stereocenters. The summed E-state index contributed by atoms with van der Waals surface area (Å²) in [6, 6.07) is -0.0765. The summed E-state index contributed by atoms with van der Waals surface area (Å²) in [7, 11) is 0. The Morgan fingerprint density at radius 2 is 2.27 bits per heavy atom. The lowest BCUT2D eigenvalue weighted by Gasteiger charge is -2.14. The molecule has 4 rings (SSSR count). The van der Waals surface area contributed by atoms with Crippen LogP contribution in [0.25, 0.3) is 11.0 Å². The van der Waals surface area contributed by atoms with Crippen molar-refractivity contribution in [3.05, 3.63) is 30.5 Å². The minimum atomic E-state index is -0.466. The second-order valence-corrected chi connectivity index (χ2v) is 5.51. The van der Waals surface area contributed by atoms with Crippen molar-refractivity contribution in [1.82, 2.24) is 34.8 Å². The first-order valence-corrected chi connectivity index (χ1v) is 7.05. The molecule has 22 heavy (non-hydrogen) atoms. The monoisotopic (exact) mass is 300 g/mol. The number of anilines is 1. The molecule has 114 valence electrons. The van der Waals surface area contributed by atoms with E-state index in [1.54, 1.807) is 17.1 Å². The third kappa shape index (κ3) is 2.11. The first-order chi connectivity index (χ1) is 10.7. The van der Waals surface area contributed by atoms with Crippen LogP contribution in [0.2, 0.25) is 0 Å². The molecule has 2 atom stereocenters. The van der Waals surface area contributed by atoms with Gasteiger partial charge in [0, 0.05) is 37.6 Å². The first-order valence-electron chi connectivity index (χ1n) is 7.05.